The van der Waals surface area contributed by atoms with Gasteiger partial charge in [-0.15, -0.1) is 6.42 Å². The van der Waals surface area contributed by atoms with E-state index < -0.39 is 5.91 Å². The predicted octanol–water partition coefficient (Wildman–Crippen LogP) is 2.63. The molecule has 0 saturated heterocycles. The lowest BCUT2D eigenvalue weighted by Crippen LogP contribution is -2.31. The second-order valence-electron chi connectivity index (χ2n) is 6.51. The average molecular weight is 366 g/mol. The first-order valence-electron chi connectivity index (χ1n) is 8.83. The lowest BCUT2D eigenvalue weighted by atomic mass is 10.1. The molecule has 2 aromatic carbocycles. The maximum atomic E-state index is 10.8. The molecule has 0 aromatic heterocycles. The molecule has 0 aliphatic heterocycles. The summed E-state index contributed by atoms with van der Waals surface area (Å²) in [6.07, 6.45) is 6.29. The van der Waals surface area contributed by atoms with Crippen LogP contribution in [0.1, 0.15) is 18.1 Å². The van der Waals surface area contributed by atoms with Gasteiger partial charge in [0.25, 0.3) is 5.91 Å². The minimum Gasteiger partial charge on any atom is -0.489 e. The van der Waals surface area contributed by atoms with Crippen molar-refractivity contribution in [1.82, 2.24) is 4.90 Å². The Kier molecular flexibility index (Phi) is 7.72. The number of carbonyl (C=O) groups is 1. The smallest absolute Gasteiger partial charge is 0.255 e. The van der Waals surface area contributed by atoms with Crippen LogP contribution in [0, 0.1) is 12.3 Å². The number of primary amides is 1. The summed E-state index contributed by atoms with van der Waals surface area (Å²) in [4.78, 5) is 12.9. The van der Waals surface area contributed by atoms with Crippen LogP contribution in [0.5, 0.6) is 11.5 Å². The number of carbonyl (C=O) groups excluding carboxylic acids is 1. The van der Waals surface area contributed by atoms with Crippen LogP contribution in [0.3, 0.4) is 0 Å². The fourth-order valence-electron chi connectivity index (χ4n) is 2.56. The largest absolute Gasteiger partial charge is 0.489 e. The van der Waals surface area contributed by atoms with Gasteiger partial charge >= 0.3 is 0 Å². The number of benzene rings is 2. The molecule has 0 spiro atoms. The summed E-state index contributed by atoms with van der Waals surface area (Å²) in [5.74, 6) is 3.55. The van der Waals surface area contributed by atoms with Gasteiger partial charge in [0.15, 0.2) is 6.61 Å². The maximum absolute atomic E-state index is 10.8. The number of rotatable bonds is 10. The van der Waals surface area contributed by atoms with Gasteiger partial charge in [0.2, 0.25) is 0 Å². The van der Waals surface area contributed by atoms with Gasteiger partial charge in [0.05, 0.1) is 6.54 Å². The molecule has 1 amide bonds. The van der Waals surface area contributed by atoms with Crippen molar-refractivity contribution in [3.8, 4) is 23.8 Å². The topological polar surface area (TPSA) is 64.8 Å². The summed E-state index contributed by atoms with van der Waals surface area (Å²) >= 11 is 0. The minimum absolute atomic E-state index is 0.138. The van der Waals surface area contributed by atoms with E-state index in [2.05, 4.69) is 29.9 Å². The molecule has 0 radical (unpaired) electrons. The monoisotopic (exact) mass is 366 g/mol. The van der Waals surface area contributed by atoms with Gasteiger partial charge in [-0.05, 0) is 55.8 Å². The molecule has 2 N–H and O–H groups in total. The van der Waals surface area contributed by atoms with Crippen LogP contribution in [-0.4, -0.2) is 37.0 Å². The Morgan fingerprint density at radius 1 is 1.15 bits per heavy atom. The van der Waals surface area contributed by atoms with Crippen molar-refractivity contribution in [2.75, 3.05) is 20.2 Å². The molecule has 5 nitrogen and oxygen atoms in total. The zero-order valence-corrected chi connectivity index (χ0v) is 15.9. The second-order valence-corrected chi connectivity index (χ2v) is 6.51. The first-order valence-corrected chi connectivity index (χ1v) is 8.83. The average Bonchev–Trinajstić information content (AvgIpc) is 2.66. The van der Waals surface area contributed by atoms with Crippen LogP contribution in [0.25, 0.3) is 0 Å². The molecule has 1 unspecified atom stereocenters. The van der Waals surface area contributed by atoms with Crippen LogP contribution in [-0.2, 0) is 17.8 Å². The molecule has 0 saturated carbocycles. The molecular weight excluding hydrogens is 340 g/mol. The van der Waals surface area contributed by atoms with Crippen molar-refractivity contribution in [3.05, 3.63) is 59.7 Å². The normalized spacial score (nSPS) is 11.6. The summed E-state index contributed by atoms with van der Waals surface area (Å²) in [6, 6.07) is 15.9. The Morgan fingerprint density at radius 3 is 2.56 bits per heavy atom. The maximum Gasteiger partial charge on any atom is 0.255 e. The first-order chi connectivity index (χ1) is 13.0. The zero-order chi connectivity index (χ0) is 19.6. The second kappa shape index (κ2) is 10.2. The summed E-state index contributed by atoms with van der Waals surface area (Å²) < 4.78 is 11.1. The van der Waals surface area contributed by atoms with E-state index in [0.717, 1.165) is 17.7 Å². The van der Waals surface area contributed by atoms with Crippen LogP contribution in [0.15, 0.2) is 48.5 Å². The van der Waals surface area contributed by atoms with Gasteiger partial charge in [0, 0.05) is 6.04 Å². The van der Waals surface area contributed by atoms with Gasteiger partial charge in [0.1, 0.15) is 18.1 Å². The van der Waals surface area contributed by atoms with E-state index in [4.69, 9.17) is 21.6 Å². The Morgan fingerprint density at radius 2 is 1.89 bits per heavy atom. The third kappa shape index (κ3) is 7.04. The van der Waals surface area contributed by atoms with Crippen molar-refractivity contribution in [2.24, 2.45) is 5.73 Å². The minimum atomic E-state index is -0.503. The number of terminal acetylenes is 1. The molecule has 27 heavy (non-hydrogen) atoms. The highest BCUT2D eigenvalue weighted by atomic mass is 16.5. The fraction of sp³-hybridized carbons (Fsp3) is 0.318. The standard InChI is InChI=1S/C22H26N2O3/c1-4-12-24(3)17(2)13-18-8-10-20(11-9-18)26-15-19-6-5-7-21(14-19)27-16-22(23)25/h1,5-11,14,17H,12-13,15-16H2,2-3H3,(H2,23,25). The first kappa shape index (κ1) is 20.3. The zero-order valence-electron chi connectivity index (χ0n) is 15.9. The molecule has 0 aliphatic rings. The van der Waals surface area contributed by atoms with Crippen molar-refractivity contribution in [1.29, 1.82) is 0 Å². The summed E-state index contributed by atoms with van der Waals surface area (Å²) in [7, 11) is 2.03. The lowest BCUT2D eigenvalue weighted by Gasteiger charge is -2.22. The molecular formula is C22H26N2O3. The highest BCUT2D eigenvalue weighted by Crippen LogP contribution is 2.18. The van der Waals surface area contributed by atoms with Gasteiger partial charge < -0.3 is 15.2 Å². The number of ether oxygens (including phenoxy) is 2. The lowest BCUT2D eigenvalue weighted by molar-refractivity contribution is -0.119. The Labute approximate surface area is 161 Å². The molecule has 2 aromatic rings. The Balaban J connectivity index is 1.87. The molecule has 1 atom stereocenters. The number of nitrogens with two attached hydrogens (primary N) is 1. The molecule has 142 valence electrons. The summed E-state index contributed by atoms with van der Waals surface area (Å²) in [5.41, 5.74) is 7.27. The van der Waals surface area contributed by atoms with Gasteiger partial charge in [-0.1, -0.05) is 30.2 Å². The fourth-order valence-corrected chi connectivity index (χ4v) is 2.56. The van der Waals surface area contributed by atoms with Gasteiger partial charge in [-0.2, -0.15) is 0 Å². The molecule has 2 rings (SSSR count). The van der Waals surface area contributed by atoms with Gasteiger partial charge in [-0.3, -0.25) is 9.69 Å². The van der Waals surface area contributed by atoms with Crippen LogP contribution in [0.2, 0.25) is 0 Å². The molecule has 0 bridgehead atoms. The SMILES string of the molecule is C#CCN(C)C(C)Cc1ccc(OCc2cccc(OCC(N)=O)c2)cc1. The van der Waals surface area contributed by atoms with Crippen molar-refractivity contribution in [3.63, 3.8) is 0 Å². The van der Waals surface area contributed by atoms with E-state index in [1.54, 1.807) is 6.07 Å². The van der Waals surface area contributed by atoms with Crippen LogP contribution >= 0.6 is 0 Å². The quantitative estimate of drug-likeness (QED) is 0.657. The molecule has 0 fully saturated rings. The van der Waals surface area contributed by atoms with Crippen molar-refractivity contribution >= 4 is 5.91 Å². The number of likely N-dealkylation sites (N-methyl/N-ethyl adjacent to an activating group) is 1. The Hall–Kier alpha value is -2.97. The molecule has 5 heteroatoms. The van der Waals surface area contributed by atoms with Crippen molar-refractivity contribution < 1.29 is 14.3 Å². The van der Waals surface area contributed by atoms with Crippen LogP contribution < -0.4 is 15.2 Å². The third-order valence-electron chi connectivity index (χ3n) is 4.23. The third-order valence-corrected chi connectivity index (χ3v) is 4.23. The highest BCUT2D eigenvalue weighted by Gasteiger charge is 2.09. The van der Waals surface area contributed by atoms with E-state index in [1.165, 1.54) is 5.56 Å². The van der Waals surface area contributed by atoms with Crippen LogP contribution in [0.4, 0.5) is 0 Å². The van der Waals surface area contributed by atoms with E-state index in [0.29, 0.717) is 24.9 Å². The van der Waals surface area contributed by atoms with E-state index in [-0.39, 0.29) is 6.61 Å². The number of hydrogen-bond donors (Lipinski definition) is 1. The predicted molar refractivity (Wildman–Crippen MR) is 107 cm³/mol. The Bertz CT molecular complexity index is 781. The number of hydrogen-bond acceptors (Lipinski definition) is 4. The number of nitrogens with zero attached hydrogens (tertiary/aromatic N) is 1. The van der Waals surface area contributed by atoms with Crippen molar-refractivity contribution in [2.45, 2.75) is 26.0 Å². The molecule has 0 aliphatic carbocycles. The highest BCUT2D eigenvalue weighted by molar-refractivity contribution is 5.75. The van der Waals surface area contributed by atoms with Gasteiger partial charge in [-0.25, -0.2) is 0 Å². The number of amides is 1. The molecule has 0 heterocycles. The summed E-state index contributed by atoms with van der Waals surface area (Å²) in [5, 5.41) is 0. The van der Waals surface area contributed by atoms with E-state index in [9.17, 15) is 4.79 Å². The van der Waals surface area contributed by atoms with E-state index >= 15 is 0 Å². The summed E-state index contributed by atoms with van der Waals surface area (Å²) in [6.45, 7) is 3.08. The van der Waals surface area contributed by atoms with E-state index in [1.807, 2.05) is 37.4 Å².